The molecule has 36 heavy (non-hydrogen) atoms. The van der Waals surface area contributed by atoms with Gasteiger partial charge >= 0.3 is 0 Å². The largest absolute Gasteiger partial charge is 0.488 e. The van der Waals surface area contributed by atoms with Crippen molar-refractivity contribution in [2.24, 2.45) is 5.92 Å². The van der Waals surface area contributed by atoms with Crippen LogP contribution in [0.1, 0.15) is 51.9 Å². The Morgan fingerprint density at radius 1 is 1.03 bits per heavy atom. The molecular formula is C31H31N3OS. The highest BCUT2D eigenvalue weighted by Crippen LogP contribution is 2.41. The first-order valence-corrected chi connectivity index (χ1v) is 13.4. The molecule has 2 N–H and O–H groups in total. The third kappa shape index (κ3) is 3.70. The Bertz CT molecular complexity index is 1700. The van der Waals surface area contributed by atoms with Crippen molar-refractivity contribution in [2.75, 3.05) is 6.61 Å². The van der Waals surface area contributed by atoms with Crippen molar-refractivity contribution in [2.45, 2.75) is 40.5 Å². The number of aromatic amines is 1. The molecule has 0 aliphatic carbocycles. The fraction of sp³-hybridized carbons (Fsp3) is 0.258. The summed E-state index contributed by atoms with van der Waals surface area (Å²) in [6.07, 6.45) is 0. The van der Waals surface area contributed by atoms with Gasteiger partial charge in [0.2, 0.25) is 0 Å². The number of imidazole rings is 1. The molecule has 0 atom stereocenters. The summed E-state index contributed by atoms with van der Waals surface area (Å²) in [6, 6.07) is 17.7. The van der Waals surface area contributed by atoms with Crippen molar-refractivity contribution in [1.82, 2.24) is 15.3 Å². The van der Waals surface area contributed by atoms with Gasteiger partial charge in [-0.15, -0.1) is 11.3 Å². The number of aromatic nitrogens is 2. The second-order valence-corrected chi connectivity index (χ2v) is 11.4. The first-order chi connectivity index (χ1) is 17.3. The van der Waals surface area contributed by atoms with Crippen molar-refractivity contribution < 1.29 is 4.74 Å². The summed E-state index contributed by atoms with van der Waals surface area (Å²) in [5.41, 5.74) is 8.94. The van der Waals surface area contributed by atoms with Crippen molar-refractivity contribution in [3.05, 3.63) is 77.8 Å². The first-order valence-electron chi connectivity index (χ1n) is 12.6. The van der Waals surface area contributed by atoms with Crippen molar-refractivity contribution in [3.8, 4) is 16.9 Å². The minimum Gasteiger partial charge on any atom is -0.488 e. The number of H-pyrrole nitrogens is 1. The van der Waals surface area contributed by atoms with Crippen LogP contribution in [-0.4, -0.2) is 16.6 Å². The highest BCUT2D eigenvalue weighted by Gasteiger charge is 2.20. The van der Waals surface area contributed by atoms with E-state index in [1.54, 1.807) is 0 Å². The van der Waals surface area contributed by atoms with Crippen LogP contribution in [0.2, 0.25) is 0 Å². The van der Waals surface area contributed by atoms with Crippen molar-refractivity contribution >= 4 is 48.2 Å². The van der Waals surface area contributed by atoms with E-state index in [0.717, 1.165) is 45.1 Å². The average Bonchev–Trinajstić information content (AvgIpc) is 3.46. The molecular weight excluding hydrogens is 462 g/mol. The predicted molar refractivity (Wildman–Crippen MR) is 154 cm³/mol. The second kappa shape index (κ2) is 8.52. The standard InChI is InChI=1S/C31H31N3OS/c1-16(2)19(6)32-28-18(5)15-35-26-13-20(8-10-24(26)28)21-7-9-22-23-11-12-25-29(30(23)36-27(22)14-21)34-31(33-25)17(3)4/h7-14,16-17,32H,6,15H2,1-5H3,(H,33,34). The van der Waals surface area contributed by atoms with Gasteiger partial charge in [0.1, 0.15) is 23.7 Å². The Morgan fingerprint density at radius 3 is 2.56 bits per heavy atom. The van der Waals surface area contributed by atoms with E-state index in [4.69, 9.17) is 9.72 Å². The lowest BCUT2D eigenvalue weighted by molar-refractivity contribution is 0.345. The molecule has 0 radical (unpaired) electrons. The van der Waals surface area contributed by atoms with Gasteiger partial charge in [-0.2, -0.15) is 0 Å². The SMILES string of the molecule is C=C(NC1=C(C)COc2cc(-c3ccc4c(c3)sc3c4ccc4[nH]c(C(C)C)nc43)ccc21)C(C)C. The molecule has 3 heterocycles. The fourth-order valence-electron chi connectivity index (χ4n) is 4.77. The molecule has 1 aliphatic heterocycles. The quantitative estimate of drug-likeness (QED) is 0.258. The molecule has 1 aliphatic rings. The molecule has 0 amide bonds. The Balaban J connectivity index is 1.41. The number of allylic oxidation sites excluding steroid dienone is 1. The lowest BCUT2D eigenvalue weighted by atomic mass is 9.97. The number of nitrogens with one attached hydrogen (secondary N) is 2. The predicted octanol–water partition coefficient (Wildman–Crippen LogP) is 8.60. The number of rotatable bonds is 5. The minimum atomic E-state index is 0.364. The summed E-state index contributed by atoms with van der Waals surface area (Å²) in [5.74, 6) is 2.69. The van der Waals surface area contributed by atoms with E-state index in [0.29, 0.717) is 18.4 Å². The molecule has 3 aromatic carbocycles. The molecule has 5 aromatic rings. The monoisotopic (exact) mass is 493 g/mol. The number of ether oxygens (including phenoxy) is 1. The third-order valence-corrected chi connectivity index (χ3v) is 8.27. The zero-order chi connectivity index (χ0) is 25.1. The van der Waals surface area contributed by atoms with Crippen LogP contribution in [-0.2, 0) is 0 Å². The molecule has 4 nitrogen and oxygen atoms in total. The molecule has 5 heteroatoms. The summed E-state index contributed by atoms with van der Waals surface area (Å²) >= 11 is 1.82. The maximum atomic E-state index is 6.14. The Hall–Kier alpha value is -3.57. The van der Waals surface area contributed by atoms with Gasteiger partial charge in [0.15, 0.2) is 0 Å². The Morgan fingerprint density at radius 2 is 1.78 bits per heavy atom. The van der Waals surface area contributed by atoms with E-state index in [-0.39, 0.29) is 0 Å². The minimum absolute atomic E-state index is 0.364. The van der Waals surface area contributed by atoms with Gasteiger partial charge in [-0.25, -0.2) is 4.98 Å². The van der Waals surface area contributed by atoms with Gasteiger partial charge in [-0.05, 0) is 53.8 Å². The summed E-state index contributed by atoms with van der Waals surface area (Å²) in [5, 5.41) is 6.09. The van der Waals surface area contributed by atoms with Crippen LogP contribution < -0.4 is 10.1 Å². The maximum absolute atomic E-state index is 6.14. The van der Waals surface area contributed by atoms with Crippen LogP contribution in [0, 0.1) is 5.92 Å². The van der Waals surface area contributed by atoms with Crippen LogP contribution in [0.15, 0.2) is 66.4 Å². The summed E-state index contributed by atoms with van der Waals surface area (Å²) < 4.78 is 8.66. The van der Waals surface area contributed by atoms with Gasteiger partial charge in [-0.3, -0.25) is 0 Å². The Labute approximate surface area is 215 Å². The van der Waals surface area contributed by atoms with E-state index in [9.17, 15) is 0 Å². The highest BCUT2D eigenvalue weighted by atomic mass is 32.1. The Kier molecular flexibility index (Phi) is 5.41. The topological polar surface area (TPSA) is 49.9 Å². The van der Waals surface area contributed by atoms with E-state index in [1.165, 1.54) is 31.3 Å². The molecule has 182 valence electrons. The number of hydrogen-bond acceptors (Lipinski definition) is 4. The average molecular weight is 494 g/mol. The van der Waals surface area contributed by atoms with Crippen LogP contribution in [0.3, 0.4) is 0 Å². The fourth-order valence-corrected chi connectivity index (χ4v) is 6.01. The normalized spacial score (nSPS) is 13.8. The van der Waals surface area contributed by atoms with Crippen LogP contribution in [0.4, 0.5) is 0 Å². The molecule has 0 saturated heterocycles. The van der Waals surface area contributed by atoms with Crippen molar-refractivity contribution in [1.29, 1.82) is 0 Å². The molecule has 0 unspecified atom stereocenters. The van der Waals surface area contributed by atoms with Gasteiger partial charge < -0.3 is 15.0 Å². The van der Waals surface area contributed by atoms with Crippen LogP contribution in [0.25, 0.3) is 48.0 Å². The third-order valence-electron chi connectivity index (χ3n) is 7.09. The molecule has 2 aromatic heterocycles. The number of hydrogen-bond donors (Lipinski definition) is 2. The summed E-state index contributed by atoms with van der Waals surface area (Å²) in [6.45, 7) is 15.5. The van der Waals surface area contributed by atoms with Gasteiger partial charge in [0, 0.05) is 32.7 Å². The van der Waals surface area contributed by atoms with E-state index in [2.05, 4.69) is 100 Å². The highest BCUT2D eigenvalue weighted by molar-refractivity contribution is 7.26. The lowest BCUT2D eigenvalue weighted by Crippen LogP contribution is -2.21. The molecule has 6 rings (SSSR count). The number of benzene rings is 3. The van der Waals surface area contributed by atoms with Crippen molar-refractivity contribution in [3.63, 3.8) is 0 Å². The molecule has 0 saturated carbocycles. The lowest BCUT2D eigenvalue weighted by Gasteiger charge is -2.26. The van der Waals surface area contributed by atoms with E-state index >= 15 is 0 Å². The number of thiophene rings is 1. The smallest absolute Gasteiger partial charge is 0.129 e. The maximum Gasteiger partial charge on any atom is 0.129 e. The summed E-state index contributed by atoms with van der Waals surface area (Å²) in [7, 11) is 0. The zero-order valence-corrected chi connectivity index (χ0v) is 22.3. The molecule has 0 fully saturated rings. The molecule has 0 spiro atoms. The second-order valence-electron chi connectivity index (χ2n) is 10.4. The summed E-state index contributed by atoms with van der Waals surface area (Å²) in [4.78, 5) is 8.42. The van der Waals surface area contributed by atoms with E-state index in [1.807, 2.05) is 11.3 Å². The van der Waals surface area contributed by atoms with Gasteiger partial charge in [0.25, 0.3) is 0 Å². The van der Waals surface area contributed by atoms with Gasteiger partial charge in [-0.1, -0.05) is 58.5 Å². The first kappa shape index (κ1) is 22.9. The van der Waals surface area contributed by atoms with E-state index < -0.39 is 0 Å². The number of nitrogens with zero attached hydrogens (tertiary/aromatic N) is 1. The number of fused-ring (bicyclic) bond motifs is 6. The van der Waals surface area contributed by atoms with Gasteiger partial charge in [0.05, 0.1) is 15.9 Å². The molecule has 0 bridgehead atoms. The van der Waals surface area contributed by atoms with Crippen LogP contribution in [0.5, 0.6) is 5.75 Å². The zero-order valence-electron chi connectivity index (χ0n) is 21.5. The van der Waals surface area contributed by atoms with Crippen LogP contribution >= 0.6 is 11.3 Å².